The summed E-state index contributed by atoms with van der Waals surface area (Å²) in [5, 5.41) is 18.9. The summed E-state index contributed by atoms with van der Waals surface area (Å²) in [6, 6.07) is 13.6. The number of hydrogen-bond donors (Lipinski definition) is 3. The van der Waals surface area contributed by atoms with E-state index in [1.807, 2.05) is 47.0 Å². The van der Waals surface area contributed by atoms with Crippen LogP contribution in [0.25, 0.3) is 16.9 Å². The van der Waals surface area contributed by atoms with Crippen LogP contribution in [0.15, 0.2) is 66.2 Å². The molecule has 0 spiro atoms. The van der Waals surface area contributed by atoms with Gasteiger partial charge in [0.2, 0.25) is 5.91 Å². The predicted molar refractivity (Wildman–Crippen MR) is 119 cm³/mol. The standard InChI is InChI=1S/C23H20N6O2/c1-14(30)25-17-4-2-3-16(12-17)22-23(29-10-9-24-13-21(29)27-22)26-18-6-7-19-15(11-18)5-8-20(19)28-31/h2-4,6-7,9-13,26,31H,5,8H2,1H3,(H,25,30). The minimum absolute atomic E-state index is 0.126. The number of fused-ring (bicyclic) bond motifs is 2. The summed E-state index contributed by atoms with van der Waals surface area (Å²) in [7, 11) is 0. The minimum Gasteiger partial charge on any atom is -0.411 e. The number of imidazole rings is 1. The number of carbonyl (C=O) groups excluding carboxylic acids is 1. The number of benzene rings is 2. The van der Waals surface area contributed by atoms with E-state index in [0.717, 1.165) is 52.4 Å². The van der Waals surface area contributed by atoms with Crippen molar-refractivity contribution in [3.05, 3.63) is 72.2 Å². The molecule has 0 saturated carbocycles. The van der Waals surface area contributed by atoms with Crippen LogP contribution in [0.5, 0.6) is 0 Å². The summed E-state index contributed by atoms with van der Waals surface area (Å²) in [5.41, 5.74) is 6.79. The summed E-state index contributed by atoms with van der Waals surface area (Å²) in [6.45, 7) is 1.48. The molecule has 8 nitrogen and oxygen atoms in total. The van der Waals surface area contributed by atoms with Crippen molar-refractivity contribution in [1.29, 1.82) is 0 Å². The Bertz CT molecular complexity index is 1340. The molecule has 0 fully saturated rings. The molecule has 1 amide bonds. The Hall–Kier alpha value is -4.20. The third-order valence-corrected chi connectivity index (χ3v) is 5.32. The number of rotatable bonds is 4. The highest BCUT2D eigenvalue weighted by atomic mass is 16.4. The van der Waals surface area contributed by atoms with Gasteiger partial charge in [0.1, 0.15) is 11.5 Å². The maximum Gasteiger partial charge on any atom is 0.221 e. The molecule has 0 atom stereocenters. The molecule has 1 aliphatic rings. The number of aromatic nitrogens is 3. The summed E-state index contributed by atoms with van der Waals surface area (Å²) < 4.78 is 1.95. The van der Waals surface area contributed by atoms with Gasteiger partial charge in [0.05, 0.1) is 11.9 Å². The molecule has 0 aliphatic heterocycles. The van der Waals surface area contributed by atoms with Gasteiger partial charge in [-0.15, -0.1) is 0 Å². The van der Waals surface area contributed by atoms with E-state index in [0.29, 0.717) is 11.3 Å². The molecule has 2 heterocycles. The number of anilines is 3. The van der Waals surface area contributed by atoms with Crippen LogP contribution in [-0.2, 0) is 11.2 Å². The van der Waals surface area contributed by atoms with Gasteiger partial charge in [-0.1, -0.05) is 23.4 Å². The van der Waals surface area contributed by atoms with Crippen molar-refractivity contribution in [3.8, 4) is 11.3 Å². The van der Waals surface area contributed by atoms with Crippen LogP contribution in [0, 0.1) is 0 Å². The van der Waals surface area contributed by atoms with E-state index in [2.05, 4.69) is 26.8 Å². The highest BCUT2D eigenvalue weighted by Crippen LogP contribution is 2.33. The molecule has 2 aromatic heterocycles. The van der Waals surface area contributed by atoms with Crippen LogP contribution in [0.2, 0.25) is 0 Å². The van der Waals surface area contributed by atoms with Gasteiger partial charge in [0.15, 0.2) is 5.65 Å². The maximum absolute atomic E-state index is 11.5. The van der Waals surface area contributed by atoms with Gasteiger partial charge in [0.25, 0.3) is 0 Å². The Kier molecular flexibility index (Phi) is 4.59. The average molecular weight is 412 g/mol. The number of nitrogens with one attached hydrogen (secondary N) is 2. The van der Waals surface area contributed by atoms with E-state index in [1.165, 1.54) is 6.92 Å². The van der Waals surface area contributed by atoms with Crippen molar-refractivity contribution >= 4 is 34.5 Å². The Labute approximate surface area is 178 Å². The zero-order valence-electron chi connectivity index (χ0n) is 16.8. The van der Waals surface area contributed by atoms with Crippen LogP contribution in [0.1, 0.15) is 24.5 Å². The van der Waals surface area contributed by atoms with Gasteiger partial charge in [-0.05, 0) is 42.7 Å². The largest absolute Gasteiger partial charge is 0.411 e. The lowest BCUT2D eigenvalue weighted by atomic mass is 10.1. The summed E-state index contributed by atoms with van der Waals surface area (Å²) >= 11 is 0. The van der Waals surface area contributed by atoms with E-state index in [4.69, 9.17) is 4.98 Å². The smallest absolute Gasteiger partial charge is 0.221 e. The lowest BCUT2D eigenvalue weighted by molar-refractivity contribution is -0.114. The fraction of sp³-hybridized carbons (Fsp3) is 0.130. The SMILES string of the molecule is CC(=O)Nc1cccc(-c2nc3cnccn3c2Nc2ccc3c(c2)CCC3=NO)c1. The third kappa shape index (κ3) is 3.48. The van der Waals surface area contributed by atoms with E-state index < -0.39 is 0 Å². The highest BCUT2D eigenvalue weighted by molar-refractivity contribution is 6.04. The molecule has 8 heteroatoms. The zero-order chi connectivity index (χ0) is 21.4. The molecule has 0 saturated heterocycles. The first kappa shape index (κ1) is 18.8. The predicted octanol–water partition coefficient (Wildman–Crippen LogP) is 4.22. The normalized spacial score (nSPS) is 14.0. The van der Waals surface area contributed by atoms with Crippen molar-refractivity contribution < 1.29 is 10.0 Å². The molecule has 1 aliphatic carbocycles. The lowest BCUT2D eigenvalue weighted by Gasteiger charge is -2.11. The molecular formula is C23H20N6O2. The summed E-state index contributed by atoms with van der Waals surface area (Å²) in [6.07, 6.45) is 6.85. The fourth-order valence-corrected chi connectivity index (χ4v) is 3.96. The molecule has 31 heavy (non-hydrogen) atoms. The second-order valence-corrected chi connectivity index (χ2v) is 7.42. The molecule has 5 rings (SSSR count). The van der Waals surface area contributed by atoms with E-state index in [9.17, 15) is 10.0 Å². The van der Waals surface area contributed by atoms with Gasteiger partial charge >= 0.3 is 0 Å². The average Bonchev–Trinajstić information content (AvgIpc) is 3.35. The second kappa shape index (κ2) is 7.56. The molecule has 0 bridgehead atoms. The van der Waals surface area contributed by atoms with Crippen LogP contribution in [0.4, 0.5) is 17.2 Å². The van der Waals surface area contributed by atoms with Crippen LogP contribution in [-0.4, -0.2) is 31.2 Å². The topological polar surface area (TPSA) is 104 Å². The summed E-state index contributed by atoms with van der Waals surface area (Å²) in [4.78, 5) is 20.4. The molecular weight excluding hydrogens is 392 g/mol. The van der Waals surface area contributed by atoms with Gasteiger partial charge < -0.3 is 15.8 Å². The molecule has 4 aromatic rings. The zero-order valence-corrected chi connectivity index (χ0v) is 16.8. The van der Waals surface area contributed by atoms with Crippen LogP contribution in [0.3, 0.4) is 0 Å². The molecule has 154 valence electrons. The number of aryl methyl sites for hydroxylation is 1. The van der Waals surface area contributed by atoms with Gasteiger partial charge in [-0.2, -0.15) is 0 Å². The minimum atomic E-state index is -0.126. The Balaban J connectivity index is 1.59. The Morgan fingerprint density at radius 1 is 1.16 bits per heavy atom. The molecule has 0 radical (unpaired) electrons. The monoisotopic (exact) mass is 412 g/mol. The van der Waals surface area contributed by atoms with Crippen molar-refractivity contribution in [2.45, 2.75) is 19.8 Å². The molecule has 0 unspecified atom stereocenters. The van der Waals surface area contributed by atoms with E-state index >= 15 is 0 Å². The quantitative estimate of drug-likeness (QED) is 0.344. The maximum atomic E-state index is 11.5. The van der Waals surface area contributed by atoms with Crippen LogP contribution >= 0.6 is 0 Å². The second-order valence-electron chi connectivity index (χ2n) is 7.42. The lowest BCUT2D eigenvalue weighted by Crippen LogP contribution is -2.05. The number of oxime groups is 1. The first-order chi connectivity index (χ1) is 15.1. The Morgan fingerprint density at radius 3 is 2.90 bits per heavy atom. The Morgan fingerprint density at radius 2 is 2.06 bits per heavy atom. The molecule has 2 aromatic carbocycles. The number of carbonyl (C=O) groups is 1. The number of hydrogen-bond acceptors (Lipinski definition) is 6. The number of amides is 1. The van der Waals surface area contributed by atoms with Gasteiger partial charge in [-0.3, -0.25) is 14.2 Å². The van der Waals surface area contributed by atoms with Crippen molar-refractivity contribution in [3.63, 3.8) is 0 Å². The first-order valence-corrected chi connectivity index (χ1v) is 9.94. The van der Waals surface area contributed by atoms with Crippen LogP contribution < -0.4 is 10.6 Å². The fourth-order valence-electron chi connectivity index (χ4n) is 3.96. The highest BCUT2D eigenvalue weighted by Gasteiger charge is 2.20. The molecule has 3 N–H and O–H groups in total. The third-order valence-electron chi connectivity index (χ3n) is 5.32. The van der Waals surface area contributed by atoms with Crippen molar-refractivity contribution in [2.75, 3.05) is 10.6 Å². The van der Waals surface area contributed by atoms with E-state index in [-0.39, 0.29) is 5.91 Å². The summed E-state index contributed by atoms with van der Waals surface area (Å²) in [5.74, 6) is 0.671. The van der Waals surface area contributed by atoms with Crippen molar-refractivity contribution in [2.24, 2.45) is 5.16 Å². The van der Waals surface area contributed by atoms with Gasteiger partial charge in [-0.25, -0.2) is 4.98 Å². The van der Waals surface area contributed by atoms with E-state index in [1.54, 1.807) is 12.4 Å². The first-order valence-electron chi connectivity index (χ1n) is 9.94. The van der Waals surface area contributed by atoms with Crippen molar-refractivity contribution in [1.82, 2.24) is 14.4 Å². The number of nitrogens with zero attached hydrogens (tertiary/aromatic N) is 4. The van der Waals surface area contributed by atoms with Gasteiger partial charge in [0, 0.05) is 41.8 Å².